The van der Waals surface area contributed by atoms with Crippen LogP contribution in [0, 0.1) is 0 Å². The van der Waals surface area contributed by atoms with Crippen LogP contribution in [0.4, 0.5) is 0 Å². The molecule has 0 amide bonds. The molecular formula is C12H17N. The van der Waals surface area contributed by atoms with Crippen molar-refractivity contribution >= 4 is 6.08 Å². The molecule has 70 valence electrons. The second-order valence-corrected chi connectivity index (χ2v) is 3.05. The Morgan fingerprint density at radius 2 is 2.00 bits per heavy atom. The highest BCUT2D eigenvalue weighted by molar-refractivity contribution is 5.47. The van der Waals surface area contributed by atoms with Crippen molar-refractivity contribution in [2.24, 2.45) is 0 Å². The zero-order valence-corrected chi connectivity index (χ0v) is 8.22. The minimum Gasteiger partial charge on any atom is -0.317 e. The molecule has 0 aliphatic carbocycles. The van der Waals surface area contributed by atoms with Crippen molar-refractivity contribution in [1.82, 2.24) is 5.32 Å². The van der Waals surface area contributed by atoms with Crippen molar-refractivity contribution in [2.75, 3.05) is 13.1 Å². The summed E-state index contributed by atoms with van der Waals surface area (Å²) in [4.78, 5) is 0. The minimum atomic E-state index is 1.05. The molecule has 0 spiro atoms. The van der Waals surface area contributed by atoms with Gasteiger partial charge in [-0.2, -0.15) is 0 Å². The first-order valence-electron chi connectivity index (χ1n) is 4.79. The van der Waals surface area contributed by atoms with Crippen molar-refractivity contribution in [3.63, 3.8) is 0 Å². The average molecular weight is 175 g/mol. The Hall–Kier alpha value is -1.08. The molecule has 0 saturated heterocycles. The van der Waals surface area contributed by atoms with Crippen molar-refractivity contribution < 1.29 is 0 Å². The van der Waals surface area contributed by atoms with E-state index in [4.69, 9.17) is 0 Å². The minimum absolute atomic E-state index is 1.05. The van der Waals surface area contributed by atoms with E-state index < -0.39 is 0 Å². The fourth-order valence-corrected chi connectivity index (χ4v) is 1.23. The molecule has 0 saturated carbocycles. The van der Waals surface area contributed by atoms with Gasteiger partial charge in [0.25, 0.3) is 0 Å². The van der Waals surface area contributed by atoms with Gasteiger partial charge in [0.15, 0.2) is 0 Å². The van der Waals surface area contributed by atoms with Gasteiger partial charge >= 0.3 is 0 Å². The van der Waals surface area contributed by atoms with Crippen LogP contribution in [0.3, 0.4) is 0 Å². The van der Waals surface area contributed by atoms with E-state index in [9.17, 15) is 0 Å². The Kier molecular flexibility index (Phi) is 4.27. The summed E-state index contributed by atoms with van der Waals surface area (Å²) in [5, 5.41) is 3.31. The summed E-state index contributed by atoms with van der Waals surface area (Å²) in [6.07, 6.45) is 2.97. The Bertz CT molecular complexity index is 248. The Labute approximate surface area is 80.5 Å². The number of likely N-dealkylation sites (N-methyl/N-ethyl adjacent to an activating group) is 1. The van der Waals surface area contributed by atoms with Crippen molar-refractivity contribution in [3.8, 4) is 0 Å². The summed E-state index contributed by atoms with van der Waals surface area (Å²) in [7, 11) is 0. The first-order chi connectivity index (χ1) is 6.36. The van der Waals surface area contributed by atoms with Gasteiger partial charge < -0.3 is 5.32 Å². The van der Waals surface area contributed by atoms with Crippen molar-refractivity contribution in [3.05, 3.63) is 42.0 Å². The van der Waals surface area contributed by atoms with E-state index in [1.165, 1.54) is 11.1 Å². The largest absolute Gasteiger partial charge is 0.317 e. The van der Waals surface area contributed by atoms with E-state index in [0.29, 0.717) is 0 Å². The fourth-order valence-electron chi connectivity index (χ4n) is 1.23. The van der Waals surface area contributed by atoms with Crippen LogP contribution in [0.2, 0.25) is 0 Å². The van der Waals surface area contributed by atoms with Gasteiger partial charge in [0.05, 0.1) is 0 Å². The SMILES string of the molecule is C=Cc1ccc(CCNCC)cc1. The van der Waals surface area contributed by atoms with Crippen LogP contribution in [0.15, 0.2) is 30.8 Å². The van der Waals surface area contributed by atoms with Crippen LogP contribution in [-0.2, 0) is 6.42 Å². The lowest BCUT2D eigenvalue weighted by Gasteiger charge is -2.02. The predicted molar refractivity (Wildman–Crippen MR) is 58.8 cm³/mol. The number of hydrogen-bond donors (Lipinski definition) is 1. The lowest BCUT2D eigenvalue weighted by Crippen LogP contribution is -2.15. The maximum atomic E-state index is 3.72. The summed E-state index contributed by atoms with van der Waals surface area (Å²) in [6, 6.07) is 8.53. The lowest BCUT2D eigenvalue weighted by molar-refractivity contribution is 0.716. The van der Waals surface area contributed by atoms with Crippen LogP contribution in [-0.4, -0.2) is 13.1 Å². The van der Waals surface area contributed by atoms with E-state index in [0.717, 1.165) is 19.5 Å². The molecule has 0 fully saturated rings. The van der Waals surface area contributed by atoms with Crippen LogP contribution >= 0.6 is 0 Å². The summed E-state index contributed by atoms with van der Waals surface area (Å²) in [6.45, 7) is 7.96. The van der Waals surface area contributed by atoms with Crippen molar-refractivity contribution in [2.45, 2.75) is 13.3 Å². The molecule has 13 heavy (non-hydrogen) atoms. The van der Waals surface area contributed by atoms with Crippen LogP contribution in [0.1, 0.15) is 18.1 Å². The van der Waals surface area contributed by atoms with Gasteiger partial charge in [-0.1, -0.05) is 43.8 Å². The zero-order chi connectivity index (χ0) is 9.52. The maximum Gasteiger partial charge on any atom is -0.000847 e. The second-order valence-electron chi connectivity index (χ2n) is 3.05. The molecule has 1 nitrogen and oxygen atoms in total. The Balaban J connectivity index is 2.44. The average Bonchev–Trinajstić information content (AvgIpc) is 2.19. The molecule has 0 bridgehead atoms. The summed E-state index contributed by atoms with van der Waals surface area (Å²) < 4.78 is 0. The Morgan fingerprint density at radius 1 is 1.31 bits per heavy atom. The third kappa shape index (κ3) is 3.43. The first-order valence-corrected chi connectivity index (χ1v) is 4.79. The maximum absolute atomic E-state index is 3.72. The molecule has 1 heteroatoms. The molecule has 0 heterocycles. The van der Waals surface area contributed by atoms with Gasteiger partial charge in [-0.05, 0) is 30.6 Å². The van der Waals surface area contributed by atoms with Gasteiger partial charge in [0.1, 0.15) is 0 Å². The monoisotopic (exact) mass is 175 g/mol. The molecule has 1 N–H and O–H groups in total. The standard InChI is InChI=1S/C12H17N/c1-3-11-5-7-12(8-6-11)9-10-13-4-2/h3,5-8,13H,1,4,9-10H2,2H3. The van der Waals surface area contributed by atoms with Crippen molar-refractivity contribution in [1.29, 1.82) is 0 Å². The highest BCUT2D eigenvalue weighted by atomic mass is 14.8. The second kappa shape index (κ2) is 5.55. The fraction of sp³-hybridized carbons (Fsp3) is 0.333. The number of benzene rings is 1. The van der Waals surface area contributed by atoms with Crippen LogP contribution in [0.5, 0.6) is 0 Å². The van der Waals surface area contributed by atoms with Gasteiger partial charge in [0.2, 0.25) is 0 Å². The Morgan fingerprint density at radius 3 is 2.54 bits per heavy atom. The highest BCUT2D eigenvalue weighted by Crippen LogP contribution is 2.05. The van der Waals surface area contributed by atoms with E-state index in [1.54, 1.807) is 0 Å². The van der Waals surface area contributed by atoms with E-state index >= 15 is 0 Å². The molecule has 0 aliphatic heterocycles. The number of rotatable bonds is 5. The first kappa shape index (κ1) is 10.0. The highest BCUT2D eigenvalue weighted by Gasteiger charge is 1.91. The molecule has 1 aromatic rings. The van der Waals surface area contributed by atoms with E-state index in [1.807, 2.05) is 6.08 Å². The predicted octanol–water partition coefficient (Wildman–Crippen LogP) is 2.48. The third-order valence-corrected chi connectivity index (χ3v) is 2.06. The number of nitrogens with one attached hydrogen (secondary N) is 1. The van der Waals surface area contributed by atoms with Gasteiger partial charge in [-0.25, -0.2) is 0 Å². The normalized spacial score (nSPS) is 9.92. The van der Waals surface area contributed by atoms with Gasteiger partial charge in [-0.3, -0.25) is 0 Å². The van der Waals surface area contributed by atoms with Crippen LogP contribution < -0.4 is 5.32 Å². The third-order valence-electron chi connectivity index (χ3n) is 2.06. The van der Waals surface area contributed by atoms with Crippen LogP contribution in [0.25, 0.3) is 6.08 Å². The van der Waals surface area contributed by atoms with E-state index in [-0.39, 0.29) is 0 Å². The molecule has 0 radical (unpaired) electrons. The molecule has 1 aromatic carbocycles. The molecular weight excluding hydrogens is 158 g/mol. The van der Waals surface area contributed by atoms with E-state index in [2.05, 4.69) is 43.1 Å². The molecule has 0 atom stereocenters. The summed E-state index contributed by atoms with van der Waals surface area (Å²) in [5.41, 5.74) is 2.57. The molecule has 0 aromatic heterocycles. The topological polar surface area (TPSA) is 12.0 Å². The van der Waals surface area contributed by atoms with Gasteiger partial charge in [0, 0.05) is 0 Å². The zero-order valence-electron chi connectivity index (χ0n) is 8.22. The smallest absolute Gasteiger partial charge is 0.000847 e. The molecule has 0 unspecified atom stereocenters. The lowest BCUT2D eigenvalue weighted by atomic mass is 10.1. The summed E-state index contributed by atoms with van der Waals surface area (Å²) >= 11 is 0. The molecule has 0 aliphatic rings. The quantitative estimate of drug-likeness (QED) is 0.678. The molecule has 1 rings (SSSR count). The summed E-state index contributed by atoms with van der Waals surface area (Å²) in [5.74, 6) is 0. The number of hydrogen-bond acceptors (Lipinski definition) is 1. The van der Waals surface area contributed by atoms with Gasteiger partial charge in [-0.15, -0.1) is 0 Å².